The largest absolute Gasteiger partial charge is 0.467 e. The molecule has 6 nitrogen and oxygen atoms in total. The van der Waals surface area contributed by atoms with E-state index in [9.17, 15) is 9.59 Å². The Morgan fingerprint density at radius 3 is 2.19 bits per heavy atom. The summed E-state index contributed by atoms with van der Waals surface area (Å²) in [6.07, 6.45) is -0.771. The molecule has 0 fully saturated rings. The number of ether oxygens (including phenoxy) is 2. The van der Waals surface area contributed by atoms with Crippen LogP contribution in [0.4, 0.5) is 4.79 Å². The zero-order valence-electron chi connectivity index (χ0n) is 9.77. The number of nitrogens with one attached hydrogen (secondary N) is 1. The number of aliphatic hydroxyl groups excluding tert-OH is 1. The van der Waals surface area contributed by atoms with Gasteiger partial charge >= 0.3 is 12.1 Å². The molecule has 16 heavy (non-hydrogen) atoms. The maximum absolute atomic E-state index is 11.2. The Bertz CT molecular complexity index is 239. The highest BCUT2D eigenvalue weighted by molar-refractivity contribution is 5.85. The summed E-state index contributed by atoms with van der Waals surface area (Å²) in [6.45, 7) is 4.54. The fraction of sp³-hybridized carbons (Fsp3) is 0.778. The second kappa shape index (κ2) is 7.29. The van der Waals surface area contributed by atoms with E-state index in [0.717, 1.165) is 0 Å². The molecular weight excluding hydrogens is 238 g/mol. The molecule has 0 heterocycles. The van der Waals surface area contributed by atoms with Gasteiger partial charge < -0.3 is 19.9 Å². The van der Waals surface area contributed by atoms with Gasteiger partial charge in [0.15, 0.2) is 6.04 Å². The van der Waals surface area contributed by atoms with Crippen molar-refractivity contribution in [1.82, 2.24) is 5.32 Å². The number of rotatable bonds is 3. The van der Waals surface area contributed by atoms with Crippen molar-refractivity contribution in [2.75, 3.05) is 13.7 Å². The molecule has 0 aromatic carbocycles. The van der Waals surface area contributed by atoms with Crippen LogP contribution in [0.3, 0.4) is 0 Å². The number of hydrogen-bond donors (Lipinski definition) is 2. The Hall–Kier alpha value is -1.01. The molecule has 7 heteroatoms. The molecule has 0 aliphatic heterocycles. The number of halogens is 1. The fourth-order valence-corrected chi connectivity index (χ4v) is 0.771. The topological polar surface area (TPSA) is 84.9 Å². The van der Waals surface area contributed by atoms with Crippen LogP contribution in [0.25, 0.3) is 0 Å². The van der Waals surface area contributed by atoms with Crippen LogP contribution in [0, 0.1) is 0 Å². The van der Waals surface area contributed by atoms with Crippen molar-refractivity contribution in [1.29, 1.82) is 0 Å². The van der Waals surface area contributed by atoms with E-state index in [-0.39, 0.29) is 12.4 Å². The molecule has 0 spiro atoms. The second-order valence-corrected chi connectivity index (χ2v) is 3.90. The number of carbonyl (C=O) groups is 2. The maximum atomic E-state index is 11.2. The lowest BCUT2D eigenvalue weighted by atomic mass is 10.2. The molecule has 0 rings (SSSR count). The van der Waals surface area contributed by atoms with E-state index in [0.29, 0.717) is 0 Å². The van der Waals surface area contributed by atoms with Gasteiger partial charge in [0.2, 0.25) is 0 Å². The van der Waals surface area contributed by atoms with Crippen LogP contribution in [-0.4, -0.2) is 42.5 Å². The van der Waals surface area contributed by atoms with Crippen molar-refractivity contribution in [2.45, 2.75) is 32.4 Å². The number of hydrogen-bond acceptors (Lipinski definition) is 5. The molecule has 0 bridgehead atoms. The van der Waals surface area contributed by atoms with Gasteiger partial charge in [0.05, 0.1) is 13.7 Å². The number of amides is 1. The van der Waals surface area contributed by atoms with Gasteiger partial charge in [-0.25, -0.2) is 9.59 Å². The summed E-state index contributed by atoms with van der Waals surface area (Å²) in [5, 5.41) is 11.0. The molecule has 2 N–H and O–H groups in total. The first-order chi connectivity index (χ1) is 6.80. The third-order valence-electron chi connectivity index (χ3n) is 1.36. The second-order valence-electron chi connectivity index (χ2n) is 3.90. The van der Waals surface area contributed by atoms with Crippen LogP contribution in [0.2, 0.25) is 0 Å². The Kier molecular flexibility index (Phi) is 7.93. The minimum Gasteiger partial charge on any atom is -0.467 e. The minimum atomic E-state index is -1.09. The van der Waals surface area contributed by atoms with Gasteiger partial charge in [0.1, 0.15) is 5.60 Å². The molecule has 1 atom stereocenters. The van der Waals surface area contributed by atoms with E-state index in [1.807, 2.05) is 0 Å². The Morgan fingerprint density at radius 1 is 1.38 bits per heavy atom. The lowest BCUT2D eigenvalue weighted by Gasteiger charge is -2.21. The average molecular weight is 256 g/mol. The van der Waals surface area contributed by atoms with Crippen LogP contribution in [-0.2, 0) is 14.3 Å². The van der Waals surface area contributed by atoms with Gasteiger partial charge in [-0.2, -0.15) is 0 Å². The monoisotopic (exact) mass is 255 g/mol. The third kappa shape index (κ3) is 7.30. The van der Waals surface area contributed by atoms with Gasteiger partial charge in [-0.15, -0.1) is 12.4 Å². The summed E-state index contributed by atoms with van der Waals surface area (Å²) in [4.78, 5) is 22.2. The molecule has 96 valence electrons. The molecule has 0 saturated carbocycles. The van der Waals surface area contributed by atoms with Crippen LogP contribution < -0.4 is 5.32 Å². The first-order valence-corrected chi connectivity index (χ1v) is 4.48. The Labute approximate surface area is 101 Å². The zero-order chi connectivity index (χ0) is 12.1. The Morgan fingerprint density at radius 2 is 1.88 bits per heavy atom. The highest BCUT2D eigenvalue weighted by Crippen LogP contribution is 2.06. The van der Waals surface area contributed by atoms with E-state index >= 15 is 0 Å². The highest BCUT2D eigenvalue weighted by Gasteiger charge is 2.23. The van der Waals surface area contributed by atoms with E-state index in [1.54, 1.807) is 20.8 Å². The van der Waals surface area contributed by atoms with Crippen LogP contribution in [0.15, 0.2) is 0 Å². The molecule has 0 aromatic rings. The number of aliphatic hydroxyl groups is 1. The Balaban J connectivity index is 0. The summed E-state index contributed by atoms with van der Waals surface area (Å²) in [6, 6.07) is -1.09. The summed E-state index contributed by atoms with van der Waals surface area (Å²) in [7, 11) is 1.17. The molecule has 0 radical (unpaired) electrons. The van der Waals surface area contributed by atoms with Gasteiger partial charge in [-0.3, -0.25) is 0 Å². The molecule has 0 aliphatic rings. The lowest BCUT2D eigenvalue weighted by Crippen LogP contribution is -2.46. The number of methoxy groups -OCH3 is 1. The standard InChI is InChI=1S/C9H17NO5.ClH/c1-9(2,3)15-8(13)10-6(5-11)7(12)14-4;/h6,11H,5H2,1-4H3,(H,10,13);1H. The lowest BCUT2D eigenvalue weighted by molar-refractivity contribution is -0.144. The predicted octanol–water partition coefficient (Wildman–Crippen LogP) is 0.467. The smallest absolute Gasteiger partial charge is 0.408 e. The van der Waals surface area contributed by atoms with Crippen LogP contribution >= 0.6 is 12.4 Å². The number of esters is 1. The fourth-order valence-electron chi connectivity index (χ4n) is 0.771. The van der Waals surface area contributed by atoms with Crippen molar-refractivity contribution in [3.63, 3.8) is 0 Å². The van der Waals surface area contributed by atoms with Crippen LogP contribution in [0.1, 0.15) is 20.8 Å². The summed E-state index contributed by atoms with van der Waals surface area (Å²) in [5.41, 5.74) is -0.653. The zero-order valence-corrected chi connectivity index (χ0v) is 10.6. The van der Waals surface area contributed by atoms with Crippen LogP contribution in [0.5, 0.6) is 0 Å². The van der Waals surface area contributed by atoms with Gasteiger partial charge in [0.25, 0.3) is 0 Å². The van der Waals surface area contributed by atoms with Crippen molar-refractivity contribution in [3.8, 4) is 0 Å². The summed E-state index contributed by atoms with van der Waals surface area (Å²) < 4.78 is 9.26. The van der Waals surface area contributed by atoms with Crippen molar-refractivity contribution >= 4 is 24.5 Å². The van der Waals surface area contributed by atoms with E-state index in [1.165, 1.54) is 7.11 Å². The number of carbonyl (C=O) groups excluding carboxylic acids is 2. The molecular formula is C9H18ClNO5. The quantitative estimate of drug-likeness (QED) is 0.716. The molecule has 0 aliphatic carbocycles. The first-order valence-electron chi connectivity index (χ1n) is 4.48. The molecule has 1 amide bonds. The van der Waals surface area contributed by atoms with Gasteiger partial charge in [-0.05, 0) is 20.8 Å². The predicted molar refractivity (Wildman–Crippen MR) is 59.5 cm³/mol. The van der Waals surface area contributed by atoms with Crippen molar-refractivity contribution in [3.05, 3.63) is 0 Å². The average Bonchev–Trinajstić information content (AvgIpc) is 2.10. The van der Waals surface area contributed by atoms with Crippen molar-refractivity contribution < 1.29 is 24.2 Å². The normalized spacial score (nSPS) is 12.1. The van der Waals surface area contributed by atoms with E-state index in [2.05, 4.69) is 10.1 Å². The van der Waals surface area contributed by atoms with Gasteiger partial charge in [-0.1, -0.05) is 0 Å². The van der Waals surface area contributed by atoms with Crippen molar-refractivity contribution in [2.24, 2.45) is 0 Å². The maximum Gasteiger partial charge on any atom is 0.408 e. The molecule has 0 saturated heterocycles. The summed E-state index contributed by atoms with van der Waals surface area (Å²) >= 11 is 0. The summed E-state index contributed by atoms with van der Waals surface area (Å²) in [5.74, 6) is -0.719. The number of alkyl carbamates (subject to hydrolysis) is 1. The molecule has 0 aromatic heterocycles. The first kappa shape index (κ1) is 17.4. The van der Waals surface area contributed by atoms with Gasteiger partial charge in [0, 0.05) is 0 Å². The van der Waals surface area contributed by atoms with E-state index < -0.39 is 30.3 Å². The third-order valence-corrected chi connectivity index (χ3v) is 1.36. The SMILES string of the molecule is COC(=O)C(CO)NC(=O)OC(C)(C)C.Cl. The molecule has 1 unspecified atom stereocenters. The van der Waals surface area contributed by atoms with E-state index in [4.69, 9.17) is 9.84 Å². The highest BCUT2D eigenvalue weighted by atomic mass is 35.5. The minimum absolute atomic E-state index is 0.